The molecular weight excluding hydrogens is 536 g/mol. The first-order chi connectivity index (χ1) is 20.0. The van der Waals surface area contributed by atoms with Crippen LogP contribution >= 0.6 is 0 Å². The molecule has 5 heteroatoms. The maximum Gasteiger partial charge on any atom is 0.192 e. The highest BCUT2D eigenvalue weighted by Gasteiger charge is 2.53. The van der Waals surface area contributed by atoms with E-state index in [0.29, 0.717) is 45.1 Å². The number of benzene rings is 2. The molecule has 1 fully saturated rings. The van der Waals surface area contributed by atoms with Crippen LogP contribution in [-0.2, 0) is 31.9 Å². The van der Waals surface area contributed by atoms with Crippen molar-refractivity contribution in [2.75, 3.05) is 13.2 Å². The van der Waals surface area contributed by atoms with Gasteiger partial charge in [0.05, 0.1) is 25.9 Å². The molecule has 0 N–H and O–H groups in total. The summed E-state index contributed by atoms with van der Waals surface area (Å²) in [6.45, 7) is 20.5. The maximum absolute atomic E-state index is 13.2. The van der Waals surface area contributed by atoms with Gasteiger partial charge in [0.1, 0.15) is 5.78 Å². The lowest BCUT2D eigenvalue weighted by Crippen LogP contribution is -2.56. The molecule has 0 amide bonds. The predicted octanol–water partition coefficient (Wildman–Crippen LogP) is 9.55. The summed E-state index contributed by atoms with van der Waals surface area (Å²) >= 11 is 0. The van der Waals surface area contributed by atoms with Gasteiger partial charge in [-0.1, -0.05) is 94.4 Å². The first kappa shape index (κ1) is 34.4. The van der Waals surface area contributed by atoms with Gasteiger partial charge in [0, 0.05) is 24.9 Å². The van der Waals surface area contributed by atoms with E-state index in [9.17, 15) is 4.79 Å². The second kappa shape index (κ2) is 16.1. The fourth-order valence-corrected chi connectivity index (χ4v) is 7.59. The Kier molecular flexibility index (Phi) is 13.2. The zero-order chi connectivity index (χ0) is 30.6. The van der Waals surface area contributed by atoms with Crippen LogP contribution in [0.25, 0.3) is 0 Å². The molecule has 1 aliphatic carbocycles. The molecule has 4 nitrogen and oxygen atoms in total. The third-order valence-corrected chi connectivity index (χ3v) is 14.4. The summed E-state index contributed by atoms with van der Waals surface area (Å²) in [5.74, 6) is 0.724. The van der Waals surface area contributed by atoms with E-state index in [-0.39, 0.29) is 28.4 Å². The first-order valence-electron chi connectivity index (χ1n) is 16.0. The normalized spacial score (nSPS) is 22.2. The van der Waals surface area contributed by atoms with Crippen molar-refractivity contribution in [3.8, 4) is 0 Å². The predicted molar refractivity (Wildman–Crippen MR) is 177 cm³/mol. The van der Waals surface area contributed by atoms with E-state index in [1.807, 2.05) is 30.3 Å². The summed E-state index contributed by atoms with van der Waals surface area (Å²) in [5.41, 5.74) is 2.18. The van der Waals surface area contributed by atoms with E-state index in [4.69, 9.17) is 13.9 Å². The molecule has 42 heavy (non-hydrogen) atoms. The van der Waals surface area contributed by atoms with Crippen LogP contribution in [0.4, 0.5) is 0 Å². The lowest BCUT2D eigenvalue weighted by atomic mass is 9.56. The number of unbranched alkanes of at least 4 members (excludes halogenated alkanes) is 1. The fourth-order valence-electron chi connectivity index (χ4n) is 6.15. The number of carbonyl (C=O) groups is 1. The molecule has 3 rings (SSSR count). The number of Topliss-reactive ketones (excluding diaryl/α,β-unsaturated/α-hetero) is 1. The van der Waals surface area contributed by atoms with Gasteiger partial charge in [0.2, 0.25) is 0 Å². The molecule has 0 saturated heterocycles. The second-order valence-corrected chi connectivity index (χ2v) is 18.7. The SMILES string of the molecule is C=CCCCC1CC(=O)C[C@H](COCc2ccccc2)[C@]1(C)[C@H](CCCOCc1ccccc1)O[Si](C)(C)C(C)(C)C. The van der Waals surface area contributed by atoms with Gasteiger partial charge in [-0.2, -0.15) is 0 Å². The summed E-state index contributed by atoms with van der Waals surface area (Å²) in [7, 11) is -2.10. The van der Waals surface area contributed by atoms with Gasteiger partial charge in [-0.25, -0.2) is 0 Å². The van der Waals surface area contributed by atoms with E-state index < -0.39 is 8.32 Å². The van der Waals surface area contributed by atoms with Gasteiger partial charge in [-0.15, -0.1) is 6.58 Å². The summed E-state index contributed by atoms with van der Waals surface area (Å²) < 4.78 is 19.9. The molecule has 0 bridgehead atoms. The molecular formula is C37H56O4Si. The molecule has 0 aromatic heterocycles. The van der Waals surface area contributed by atoms with Crippen LogP contribution in [-0.4, -0.2) is 33.4 Å². The Hall–Kier alpha value is -2.05. The van der Waals surface area contributed by atoms with Gasteiger partial charge in [0.25, 0.3) is 0 Å². The summed E-state index contributed by atoms with van der Waals surface area (Å²) in [4.78, 5) is 13.2. The van der Waals surface area contributed by atoms with Crippen LogP contribution in [0.2, 0.25) is 18.1 Å². The Morgan fingerprint density at radius 2 is 1.50 bits per heavy atom. The lowest BCUT2D eigenvalue weighted by Gasteiger charge is -2.54. The molecule has 2 aromatic rings. The van der Waals surface area contributed by atoms with Gasteiger partial charge in [-0.05, 0) is 73.2 Å². The zero-order valence-corrected chi connectivity index (χ0v) is 28.2. The van der Waals surface area contributed by atoms with Crippen LogP contribution in [0.1, 0.15) is 83.8 Å². The monoisotopic (exact) mass is 592 g/mol. The smallest absolute Gasteiger partial charge is 0.192 e. The van der Waals surface area contributed by atoms with Crippen molar-refractivity contribution in [2.24, 2.45) is 17.3 Å². The fraction of sp³-hybridized carbons (Fsp3) is 0.595. The summed E-state index contributed by atoms with van der Waals surface area (Å²) in [6.07, 6.45) is 8.08. The molecule has 4 atom stereocenters. The number of hydrogen-bond acceptors (Lipinski definition) is 4. The van der Waals surface area contributed by atoms with Gasteiger partial charge in [-0.3, -0.25) is 4.79 Å². The first-order valence-corrected chi connectivity index (χ1v) is 18.9. The van der Waals surface area contributed by atoms with E-state index >= 15 is 0 Å². The molecule has 232 valence electrons. The van der Waals surface area contributed by atoms with Crippen LogP contribution in [0, 0.1) is 17.3 Å². The quantitative estimate of drug-likeness (QED) is 0.104. The minimum Gasteiger partial charge on any atom is -0.413 e. The number of hydrogen-bond donors (Lipinski definition) is 0. The third-order valence-electron chi connectivity index (χ3n) is 9.90. The van der Waals surface area contributed by atoms with E-state index in [1.54, 1.807) is 0 Å². The number of ketones is 1. The average Bonchev–Trinajstić information content (AvgIpc) is 2.95. The van der Waals surface area contributed by atoms with E-state index in [0.717, 1.165) is 37.7 Å². The summed E-state index contributed by atoms with van der Waals surface area (Å²) in [5, 5.41) is 0.0908. The van der Waals surface area contributed by atoms with E-state index in [2.05, 4.69) is 83.8 Å². The van der Waals surface area contributed by atoms with Crippen molar-refractivity contribution >= 4 is 14.1 Å². The molecule has 0 aliphatic heterocycles. The lowest BCUT2D eigenvalue weighted by molar-refractivity contribution is -0.142. The molecule has 1 unspecified atom stereocenters. The highest BCUT2D eigenvalue weighted by atomic mass is 28.4. The summed E-state index contributed by atoms with van der Waals surface area (Å²) in [6, 6.07) is 20.7. The van der Waals surface area contributed by atoms with Crippen LogP contribution in [0.15, 0.2) is 73.3 Å². The third kappa shape index (κ3) is 9.73. The number of carbonyl (C=O) groups excluding carboxylic acids is 1. The molecule has 1 saturated carbocycles. The largest absolute Gasteiger partial charge is 0.413 e. The van der Waals surface area contributed by atoms with Crippen molar-refractivity contribution in [2.45, 2.75) is 110 Å². The van der Waals surface area contributed by atoms with Crippen molar-refractivity contribution in [3.05, 3.63) is 84.4 Å². The van der Waals surface area contributed by atoms with Crippen molar-refractivity contribution in [1.29, 1.82) is 0 Å². The molecule has 0 radical (unpaired) electrons. The Morgan fingerprint density at radius 1 is 0.929 bits per heavy atom. The number of rotatable bonds is 17. The Morgan fingerprint density at radius 3 is 2.07 bits per heavy atom. The topological polar surface area (TPSA) is 44.8 Å². The highest BCUT2D eigenvalue weighted by molar-refractivity contribution is 6.74. The van der Waals surface area contributed by atoms with Crippen molar-refractivity contribution in [3.63, 3.8) is 0 Å². The maximum atomic E-state index is 13.2. The van der Waals surface area contributed by atoms with Crippen LogP contribution < -0.4 is 0 Å². The van der Waals surface area contributed by atoms with Gasteiger partial charge in [0.15, 0.2) is 8.32 Å². The molecule has 2 aromatic carbocycles. The minimum absolute atomic E-state index is 0.0332. The Bertz CT molecular complexity index is 1080. The van der Waals surface area contributed by atoms with Crippen molar-refractivity contribution < 1.29 is 18.7 Å². The molecule has 0 heterocycles. The van der Waals surface area contributed by atoms with Crippen LogP contribution in [0.5, 0.6) is 0 Å². The number of ether oxygens (including phenoxy) is 2. The Labute approximate surface area is 257 Å². The standard InChI is InChI=1S/C37H56O4Si/c1-8-9-12-22-32-25-34(38)26-33(29-40-28-31-20-15-11-16-21-31)37(32,5)35(41-42(6,7)36(2,3)4)23-17-24-39-27-30-18-13-10-14-19-30/h8,10-11,13-16,18-21,32-33,35H,1,9,12,17,22-29H2,2-7H3/t32?,33-,35+,37-/m1/s1. The van der Waals surface area contributed by atoms with Crippen molar-refractivity contribution in [1.82, 2.24) is 0 Å². The Balaban J connectivity index is 1.85. The second-order valence-electron chi connectivity index (χ2n) is 14.0. The van der Waals surface area contributed by atoms with Gasteiger partial charge >= 0.3 is 0 Å². The number of allylic oxidation sites excluding steroid dienone is 1. The molecule has 1 aliphatic rings. The minimum atomic E-state index is -2.10. The average molecular weight is 593 g/mol. The van der Waals surface area contributed by atoms with E-state index in [1.165, 1.54) is 5.56 Å². The van der Waals surface area contributed by atoms with Crippen LogP contribution in [0.3, 0.4) is 0 Å². The van der Waals surface area contributed by atoms with Gasteiger partial charge < -0.3 is 13.9 Å². The molecule has 0 spiro atoms. The zero-order valence-electron chi connectivity index (χ0n) is 27.2. The highest BCUT2D eigenvalue weighted by Crippen LogP contribution is 2.53.